The molecule has 1 amide bonds. The molecule has 0 unspecified atom stereocenters. The van der Waals surface area contributed by atoms with Gasteiger partial charge in [0.15, 0.2) is 0 Å². The molecule has 0 saturated carbocycles. The van der Waals surface area contributed by atoms with E-state index in [4.69, 9.17) is 0 Å². The van der Waals surface area contributed by atoms with Gasteiger partial charge in [-0.15, -0.1) is 0 Å². The molecule has 0 N–H and O–H groups in total. The Morgan fingerprint density at radius 1 is 1.27 bits per heavy atom. The molecule has 15 heavy (non-hydrogen) atoms. The van der Waals surface area contributed by atoms with Crippen molar-refractivity contribution in [2.24, 2.45) is 0 Å². The lowest BCUT2D eigenvalue weighted by Crippen LogP contribution is -2.31. The molecule has 6 heteroatoms. The monoisotopic (exact) mass is 231 g/mol. The molecule has 4 nitrogen and oxygen atoms in total. The fourth-order valence-corrected chi connectivity index (χ4v) is 2.07. The van der Waals surface area contributed by atoms with Gasteiger partial charge in [-0.2, -0.15) is 0 Å². The Morgan fingerprint density at radius 2 is 1.73 bits per heavy atom. The van der Waals surface area contributed by atoms with Crippen molar-refractivity contribution in [3.63, 3.8) is 0 Å². The SMILES string of the molecule is CC(=O)N(C)S(=O)(=O)c1ccc(F)cc1. The fourth-order valence-electron chi connectivity index (χ4n) is 0.934. The van der Waals surface area contributed by atoms with Crippen LogP contribution in [0, 0.1) is 5.82 Å². The van der Waals surface area contributed by atoms with Crippen LogP contribution in [0.25, 0.3) is 0 Å². The van der Waals surface area contributed by atoms with E-state index in [1.165, 1.54) is 0 Å². The summed E-state index contributed by atoms with van der Waals surface area (Å²) < 4.78 is 36.5. The summed E-state index contributed by atoms with van der Waals surface area (Å²) in [7, 11) is -2.68. The molecule has 0 aliphatic carbocycles. The van der Waals surface area contributed by atoms with Crippen LogP contribution < -0.4 is 0 Å². The normalized spacial score (nSPS) is 11.1. The van der Waals surface area contributed by atoms with Crippen LogP contribution in [-0.2, 0) is 14.8 Å². The lowest BCUT2D eigenvalue weighted by Gasteiger charge is -2.15. The van der Waals surface area contributed by atoms with Gasteiger partial charge < -0.3 is 0 Å². The third kappa shape index (κ3) is 2.33. The third-order valence-corrected chi connectivity index (χ3v) is 3.76. The second-order valence-electron chi connectivity index (χ2n) is 2.95. The lowest BCUT2D eigenvalue weighted by molar-refractivity contribution is -0.123. The van der Waals surface area contributed by atoms with Crippen LogP contribution in [-0.4, -0.2) is 25.7 Å². The average molecular weight is 231 g/mol. The van der Waals surface area contributed by atoms with Gasteiger partial charge in [-0.1, -0.05) is 0 Å². The van der Waals surface area contributed by atoms with Gasteiger partial charge in [0.2, 0.25) is 5.91 Å². The largest absolute Gasteiger partial charge is 0.274 e. The van der Waals surface area contributed by atoms with Crippen molar-refractivity contribution in [2.45, 2.75) is 11.8 Å². The van der Waals surface area contributed by atoms with E-state index in [-0.39, 0.29) is 4.90 Å². The minimum atomic E-state index is -3.84. The fraction of sp³-hybridized carbons (Fsp3) is 0.222. The first-order chi connectivity index (χ1) is 6.85. The van der Waals surface area contributed by atoms with E-state index in [9.17, 15) is 17.6 Å². The Hall–Kier alpha value is -1.43. The number of carbonyl (C=O) groups is 1. The maximum atomic E-state index is 12.6. The minimum Gasteiger partial charge on any atom is -0.274 e. The summed E-state index contributed by atoms with van der Waals surface area (Å²) in [5.41, 5.74) is 0. The van der Waals surface area contributed by atoms with Crippen molar-refractivity contribution in [3.05, 3.63) is 30.1 Å². The van der Waals surface area contributed by atoms with Crippen LogP contribution in [0.15, 0.2) is 29.2 Å². The third-order valence-electron chi connectivity index (χ3n) is 1.92. The van der Waals surface area contributed by atoms with Crippen molar-refractivity contribution in [2.75, 3.05) is 7.05 Å². The Kier molecular flexibility index (Phi) is 3.09. The van der Waals surface area contributed by atoms with E-state index < -0.39 is 21.7 Å². The van der Waals surface area contributed by atoms with E-state index >= 15 is 0 Å². The van der Waals surface area contributed by atoms with Gasteiger partial charge in [-0.25, -0.2) is 17.1 Å². The predicted molar refractivity (Wildman–Crippen MR) is 52.0 cm³/mol. The first-order valence-corrected chi connectivity index (χ1v) is 5.55. The second-order valence-corrected chi connectivity index (χ2v) is 4.91. The van der Waals surface area contributed by atoms with E-state index in [0.29, 0.717) is 4.31 Å². The van der Waals surface area contributed by atoms with E-state index in [1.807, 2.05) is 0 Å². The topological polar surface area (TPSA) is 54.5 Å². The molecule has 0 radical (unpaired) electrons. The van der Waals surface area contributed by atoms with Crippen LogP contribution in [0.4, 0.5) is 4.39 Å². The zero-order chi connectivity index (χ0) is 11.6. The van der Waals surface area contributed by atoms with E-state index in [0.717, 1.165) is 38.2 Å². The highest BCUT2D eigenvalue weighted by Crippen LogP contribution is 2.14. The van der Waals surface area contributed by atoms with Crippen LogP contribution >= 0.6 is 0 Å². The first kappa shape index (κ1) is 11.6. The van der Waals surface area contributed by atoms with Gasteiger partial charge in [-0.3, -0.25) is 4.79 Å². The molecule has 0 aliphatic heterocycles. The van der Waals surface area contributed by atoms with Crippen LogP contribution in [0.2, 0.25) is 0 Å². The number of hydrogen-bond acceptors (Lipinski definition) is 3. The molecular weight excluding hydrogens is 221 g/mol. The highest BCUT2D eigenvalue weighted by atomic mass is 32.2. The van der Waals surface area contributed by atoms with Crippen molar-refractivity contribution >= 4 is 15.9 Å². The Labute approximate surface area is 87.4 Å². The molecule has 0 aliphatic rings. The summed E-state index contributed by atoms with van der Waals surface area (Å²) in [6.45, 7) is 1.14. The Morgan fingerprint density at radius 3 is 2.13 bits per heavy atom. The summed E-state index contributed by atoms with van der Waals surface area (Å²) in [4.78, 5) is 10.8. The van der Waals surface area contributed by atoms with Crippen LogP contribution in [0.3, 0.4) is 0 Å². The number of amides is 1. The van der Waals surface area contributed by atoms with Crippen LogP contribution in [0.1, 0.15) is 6.92 Å². The number of hydrogen-bond donors (Lipinski definition) is 0. The lowest BCUT2D eigenvalue weighted by atomic mass is 10.4. The van der Waals surface area contributed by atoms with Gasteiger partial charge in [0.25, 0.3) is 10.0 Å². The molecule has 0 aromatic heterocycles. The standard InChI is InChI=1S/C9H10FNO3S/c1-7(12)11(2)15(13,14)9-5-3-8(10)4-6-9/h3-6H,1-2H3. The smallest absolute Gasteiger partial charge is 0.266 e. The number of carbonyl (C=O) groups excluding carboxylic acids is 1. The molecule has 1 aromatic rings. The van der Waals surface area contributed by atoms with Gasteiger partial charge in [-0.05, 0) is 24.3 Å². The number of benzene rings is 1. The Balaban J connectivity index is 3.17. The molecule has 0 saturated heterocycles. The van der Waals surface area contributed by atoms with Gasteiger partial charge in [0, 0.05) is 14.0 Å². The zero-order valence-electron chi connectivity index (χ0n) is 8.27. The Bertz CT molecular complexity index is 467. The molecule has 0 atom stereocenters. The van der Waals surface area contributed by atoms with Gasteiger partial charge >= 0.3 is 0 Å². The maximum absolute atomic E-state index is 12.6. The average Bonchev–Trinajstić information content (AvgIpc) is 2.17. The first-order valence-electron chi connectivity index (χ1n) is 4.11. The summed E-state index contributed by atoms with van der Waals surface area (Å²) in [5, 5.41) is 0. The molecule has 0 spiro atoms. The highest BCUT2D eigenvalue weighted by Gasteiger charge is 2.22. The number of rotatable bonds is 2. The van der Waals surface area contributed by atoms with E-state index in [1.54, 1.807) is 0 Å². The van der Waals surface area contributed by atoms with Crippen LogP contribution in [0.5, 0.6) is 0 Å². The molecule has 0 fully saturated rings. The molecular formula is C9H10FNO3S. The maximum Gasteiger partial charge on any atom is 0.266 e. The minimum absolute atomic E-state index is 0.110. The van der Waals surface area contributed by atoms with E-state index in [2.05, 4.69) is 0 Å². The van der Waals surface area contributed by atoms with Gasteiger partial charge in [0.1, 0.15) is 5.82 Å². The number of nitrogens with zero attached hydrogens (tertiary/aromatic N) is 1. The second kappa shape index (κ2) is 3.98. The number of halogens is 1. The van der Waals surface area contributed by atoms with Gasteiger partial charge in [0.05, 0.1) is 4.90 Å². The number of sulfonamides is 1. The summed E-state index contributed by atoms with van der Waals surface area (Å²) in [6, 6.07) is 4.29. The van der Waals surface area contributed by atoms with Crippen molar-refractivity contribution in [1.29, 1.82) is 0 Å². The highest BCUT2D eigenvalue weighted by molar-refractivity contribution is 7.89. The summed E-state index contributed by atoms with van der Waals surface area (Å²) >= 11 is 0. The van der Waals surface area contributed by atoms with Crippen molar-refractivity contribution in [3.8, 4) is 0 Å². The van der Waals surface area contributed by atoms with Crippen molar-refractivity contribution in [1.82, 2.24) is 4.31 Å². The molecule has 1 rings (SSSR count). The molecule has 0 bridgehead atoms. The molecule has 1 aromatic carbocycles. The molecule has 82 valence electrons. The summed E-state index contributed by atoms with van der Waals surface area (Å²) in [6.07, 6.45) is 0. The zero-order valence-corrected chi connectivity index (χ0v) is 9.08. The molecule has 0 heterocycles. The predicted octanol–water partition coefficient (Wildman–Crippen LogP) is 0.993. The quantitative estimate of drug-likeness (QED) is 0.762. The van der Waals surface area contributed by atoms with Crippen molar-refractivity contribution < 1.29 is 17.6 Å². The summed E-state index contributed by atoms with van der Waals surface area (Å²) in [5.74, 6) is -1.13.